The van der Waals surface area contributed by atoms with Crippen LogP contribution in [0.25, 0.3) is 21.9 Å². The highest BCUT2D eigenvalue weighted by molar-refractivity contribution is 6.02. The summed E-state index contributed by atoms with van der Waals surface area (Å²) in [6, 6.07) is 14.0. The minimum atomic E-state index is -4.66. The fraction of sp³-hybridized carbons (Fsp3) is 0.150. The average Bonchev–Trinajstić information content (AvgIpc) is 3.02. The Bertz CT molecular complexity index is 1210. The van der Waals surface area contributed by atoms with Crippen molar-refractivity contribution >= 4 is 33.4 Å². The van der Waals surface area contributed by atoms with Crippen molar-refractivity contribution in [2.75, 3.05) is 5.43 Å². The van der Waals surface area contributed by atoms with Crippen LogP contribution in [-0.2, 0) is 6.18 Å². The monoisotopic (exact) mass is 384 g/mol. The van der Waals surface area contributed by atoms with Gasteiger partial charge < -0.3 is 4.42 Å². The molecule has 2 aromatic carbocycles. The molecule has 0 bridgehead atoms. The number of anilines is 1. The fourth-order valence-corrected chi connectivity index (χ4v) is 3.00. The summed E-state index contributed by atoms with van der Waals surface area (Å²) in [6.07, 6.45) is -4.66. The first-order chi connectivity index (χ1) is 13.3. The second-order valence-corrected chi connectivity index (χ2v) is 6.27. The van der Waals surface area contributed by atoms with Crippen LogP contribution in [0.5, 0.6) is 0 Å². The number of rotatable bonds is 3. The first-order valence-electron chi connectivity index (χ1n) is 8.47. The zero-order valence-corrected chi connectivity index (χ0v) is 15.0. The number of nitrogens with one attached hydrogen (secondary N) is 1. The van der Waals surface area contributed by atoms with Crippen LogP contribution in [0.3, 0.4) is 0 Å². The molecule has 4 aromatic rings. The topological polar surface area (TPSA) is 63.3 Å². The first-order valence-corrected chi connectivity index (χ1v) is 8.47. The van der Waals surface area contributed by atoms with Gasteiger partial charge in [0.05, 0.1) is 5.52 Å². The maximum atomic E-state index is 13.1. The van der Waals surface area contributed by atoms with Gasteiger partial charge in [-0.2, -0.15) is 18.3 Å². The standard InChI is InChI=1S/C20H15F3N4O/c1-11-13-7-4-6-10-16(13)28-17(11)12(2)26-27-18-14-8-3-5-9-15(14)24-19(25-18)20(21,22)23/h3-10H,1-2H3,(H,24,25,27)/b26-12+. The van der Waals surface area contributed by atoms with Gasteiger partial charge in [-0.3, -0.25) is 5.43 Å². The number of nitrogens with zero attached hydrogens (tertiary/aromatic N) is 3. The molecule has 0 amide bonds. The number of hydrogen-bond acceptors (Lipinski definition) is 5. The van der Waals surface area contributed by atoms with Gasteiger partial charge in [0.25, 0.3) is 0 Å². The number of benzene rings is 2. The van der Waals surface area contributed by atoms with Gasteiger partial charge >= 0.3 is 6.18 Å². The molecule has 28 heavy (non-hydrogen) atoms. The van der Waals surface area contributed by atoms with Crippen molar-refractivity contribution in [3.63, 3.8) is 0 Å². The van der Waals surface area contributed by atoms with E-state index >= 15 is 0 Å². The SMILES string of the molecule is C/C(=N\Nc1nc(C(F)(F)F)nc2ccccc12)c1oc2ccccc2c1C. The molecule has 0 fully saturated rings. The highest BCUT2D eigenvalue weighted by atomic mass is 19.4. The van der Waals surface area contributed by atoms with Crippen LogP contribution in [0.2, 0.25) is 0 Å². The number of aromatic nitrogens is 2. The van der Waals surface area contributed by atoms with Crippen LogP contribution in [0.1, 0.15) is 24.1 Å². The summed E-state index contributed by atoms with van der Waals surface area (Å²) < 4.78 is 45.2. The molecule has 2 heterocycles. The van der Waals surface area contributed by atoms with Crippen LogP contribution >= 0.6 is 0 Å². The second kappa shape index (κ2) is 6.63. The summed E-state index contributed by atoms with van der Waals surface area (Å²) >= 11 is 0. The van der Waals surface area contributed by atoms with E-state index in [9.17, 15) is 13.2 Å². The van der Waals surface area contributed by atoms with Gasteiger partial charge in [0, 0.05) is 16.3 Å². The summed E-state index contributed by atoms with van der Waals surface area (Å²) in [6.45, 7) is 3.62. The Morgan fingerprint density at radius 2 is 1.68 bits per heavy atom. The number of alkyl halides is 3. The van der Waals surface area contributed by atoms with Crippen LogP contribution in [0.4, 0.5) is 19.0 Å². The predicted octanol–water partition coefficient (Wildman–Crippen LogP) is 5.54. The van der Waals surface area contributed by atoms with Crippen molar-refractivity contribution in [2.45, 2.75) is 20.0 Å². The number of para-hydroxylation sites is 2. The zero-order chi connectivity index (χ0) is 19.9. The quantitative estimate of drug-likeness (QED) is 0.372. The molecule has 5 nitrogen and oxygen atoms in total. The van der Waals surface area contributed by atoms with E-state index in [0.717, 1.165) is 16.5 Å². The molecule has 0 aliphatic rings. The smallest absolute Gasteiger partial charge is 0.451 e. The van der Waals surface area contributed by atoms with Crippen molar-refractivity contribution < 1.29 is 17.6 Å². The Kier molecular flexibility index (Phi) is 4.26. The molecule has 2 aromatic heterocycles. The fourth-order valence-electron chi connectivity index (χ4n) is 3.00. The minimum absolute atomic E-state index is 0.0222. The molecule has 0 aliphatic heterocycles. The molecule has 0 unspecified atom stereocenters. The highest BCUT2D eigenvalue weighted by Gasteiger charge is 2.35. The van der Waals surface area contributed by atoms with Gasteiger partial charge in [-0.1, -0.05) is 30.3 Å². The summed E-state index contributed by atoms with van der Waals surface area (Å²) in [5, 5.41) is 5.60. The summed E-state index contributed by atoms with van der Waals surface area (Å²) in [7, 11) is 0. The molecular formula is C20H15F3N4O. The van der Waals surface area contributed by atoms with Crippen molar-refractivity contribution in [3.8, 4) is 0 Å². The lowest BCUT2D eigenvalue weighted by molar-refractivity contribution is -0.144. The number of halogens is 3. The van der Waals surface area contributed by atoms with Crippen molar-refractivity contribution in [1.29, 1.82) is 0 Å². The van der Waals surface area contributed by atoms with Gasteiger partial charge in [-0.05, 0) is 32.0 Å². The van der Waals surface area contributed by atoms with E-state index in [1.807, 2.05) is 31.2 Å². The summed E-state index contributed by atoms with van der Waals surface area (Å²) in [5.41, 5.74) is 4.94. The largest absolute Gasteiger partial charge is 0.454 e. The Hall–Kier alpha value is -3.42. The van der Waals surface area contributed by atoms with E-state index in [1.165, 1.54) is 6.07 Å². The van der Waals surface area contributed by atoms with E-state index in [1.54, 1.807) is 25.1 Å². The third kappa shape index (κ3) is 3.17. The lowest BCUT2D eigenvalue weighted by Crippen LogP contribution is -2.13. The summed E-state index contributed by atoms with van der Waals surface area (Å²) in [5.74, 6) is -0.685. The van der Waals surface area contributed by atoms with Crippen LogP contribution < -0.4 is 5.43 Å². The van der Waals surface area contributed by atoms with Crippen LogP contribution in [0.15, 0.2) is 58.0 Å². The van der Waals surface area contributed by atoms with E-state index in [2.05, 4.69) is 20.5 Å². The molecule has 0 atom stereocenters. The molecule has 0 saturated heterocycles. The number of aryl methyl sites for hydroxylation is 1. The van der Waals surface area contributed by atoms with Crippen molar-refractivity contribution in [3.05, 3.63) is 65.7 Å². The average molecular weight is 384 g/mol. The van der Waals surface area contributed by atoms with E-state index < -0.39 is 12.0 Å². The lowest BCUT2D eigenvalue weighted by atomic mass is 10.1. The maximum absolute atomic E-state index is 13.1. The Balaban J connectivity index is 1.76. The number of furan rings is 1. The van der Waals surface area contributed by atoms with Gasteiger partial charge in [0.1, 0.15) is 11.3 Å². The summed E-state index contributed by atoms with van der Waals surface area (Å²) in [4.78, 5) is 7.21. The van der Waals surface area contributed by atoms with E-state index in [4.69, 9.17) is 4.42 Å². The van der Waals surface area contributed by atoms with Crippen LogP contribution in [0, 0.1) is 6.92 Å². The van der Waals surface area contributed by atoms with Gasteiger partial charge in [-0.15, -0.1) is 0 Å². The highest BCUT2D eigenvalue weighted by Crippen LogP contribution is 2.30. The minimum Gasteiger partial charge on any atom is -0.454 e. The molecule has 1 N–H and O–H groups in total. The van der Waals surface area contributed by atoms with Crippen molar-refractivity contribution in [1.82, 2.24) is 9.97 Å². The molecule has 0 aliphatic carbocycles. The molecule has 0 spiro atoms. The normalized spacial score (nSPS) is 12.7. The maximum Gasteiger partial charge on any atom is 0.451 e. The molecule has 4 rings (SSSR count). The van der Waals surface area contributed by atoms with Crippen LogP contribution in [-0.4, -0.2) is 15.7 Å². The lowest BCUT2D eigenvalue weighted by Gasteiger charge is -2.10. The molecule has 142 valence electrons. The molecular weight excluding hydrogens is 369 g/mol. The van der Waals surface area contributed by atoms with Crippen molar-refractivity contribution in [2.24, 2.45) is 5.10 Å². The third-order valence-corrected chi connectivity index (χ3v) is 4.36. The Morgan fingerprint density at radius 3 is 2.39 bits per heavy atom. The van der Waals surface area contributed by atoms with E-state index in [-0.39, 0.29) is 11.3 Å². The number of fused-ring (bicyclic) bond motifs is 2. The Labute approximate surface area is 157 Å². The predicted molar refractivity (Wildman–Crippen MR) is 101 cm³/mol. The number of hydrogen-bond donors (Lipinski definition) is 1. The van der Waals surface area contributed by atoms with Gasteiger partial charge in [0.15, 0.2) is 11.6 Å². The van der Waals surface area contributed by atoms with Gasteiger partial charge in [-0.25, -0.2) is 9.97 Å². The van der Waals surface area contributed by atoms with E-state index in [0.29, 0.717) is 16.9 Å². The second-order valence-electron chi connectivity index (χ2n) is 6.27. The Morgan fingerprint density at radius 1 is 1.00 bits per heavy atom. The third-order valence-electron chi connectivity index (χ3n) is 4.36. The zero-order valence-electron chi connectivity index (χ0n) is 15.0. The molecule has 8 heteroatoms. The first kappa shape index (κ1) is 18.0. The van der Waals surface area contributed by atoms with Gasteiger partial charge in [0.2, 0.25) is 5.82 Å². The molecule has 0 radical (unpaired) electrons. The molecule has 0 saturated carbocycles. The number of hydrazone groups is 1.